The number of rotatable bonds is 13. The maximum atomic E-state index is 12.7. The van der Waals surface area contributed by atoms with Crippen molar-refractivity contribution >= 4 is 29.3 Å². The van der Waals surface area contributed by atoms with Crippen molar-refractivity contribution in [3.63, 3.8) is 0 Å². The summed E-state index contributed by atoms with van der Waals surface area (Å²) in [4.78, 5) is 49.5. The number of hydrogen-bond donors (Lipinski definition) is 2. The van der Waals surface area contributed by atoms with Crippen LogP contribution in [0, 0.1) is 5.92 Å². The van der Waals surface area contributed by atoms with Gasteiger partial charge in [-0.2, -0.15) is 0 Å². The Hall–Kier alpha value is -3.68. The zero-order valence-electron chi connectivity index (χ0n) is 19.1. The Bertz CT molecular complexity index is 990. The molecule has 8 nitrogen and oxygen atoms in total. The standard InChI is InChI=1S/C26H30N2O6/c29-22-18-28(17-19-9-5-4-6-10-19)26(33)24(22)25(32)27-20-12-14-21(15-13-20)34-16-8-3-1-2-7-11-23(30)31/h4-6,9-10,12-15,24H,1-3,7-8,11,16-18H2,(H,27,32)(H,30,31). The molecule has 1 aliphatic heterocycles. The molecule has 0 spiro atoms. The molecule has 2 aromatic rings. The van der Waals surface area contributed by atoms with Crippen molar-refractivity contribution in [2.45, 2.75) is 45.1 Å². The number of unbranched alkanes of at least 4 members (excludes halogenated alkanes) is 4. The highest BCUT2D eigenvalue weighted by Gasteiger charge is 2.44. The maximum absolute atomic E-state index is 12.7. The van der Waals surface area contributed by atoms with E-state index >= 15 is 0 Å². The molecular formula is C26H30N2O6. The van der Waals surface area contributed by atoms with Gasteiger partial charge >= 0.3 is 5.97 Å². The van der Waals surface area contributed by atoms with Crippen LogP contribution in [0.2, 0.25) is 0 Å². The van der Waals surface area contributed by atoms with Gasteiger partial charge in [-0.15, -0.1) is 0 Å². The summed E-state index contributed by atoms with van der Waals surface area (Å²) < 4.78 is 5.69. The number of ketones is 1. The van der Waals surface area contributed by atoms with Crippen molar-refractivity contribution in [2.75, 3.05) is 18.5 Å². The summed E-state index contributed by atoms with van der Waals surface area (Å²) in [6.45, 7) is 0.772. The van der Waals surface area contributed by atoms with Crippen LogP contribution in [0.5, 0.6) is 5.75 Å². The molecule has 1 fully saturated rings. The molecule has 1 heterocycles. The van der Waals surface area contributed by atoms with Gasteiger partial charge in [-0.3, -0.25) is 19.2 Å². The van der Waals surface area contributed by atoms with Crippen LogP contribution in [0.25, 0.3) is 0 Å². The summed E-state index contributed by atoms with van der Waals surface area (Å²) in [6.07, 6.45) is 4.63. The van der Waals surface area contributed by atoms with Gasteiger partial charge in [0.25, 0.3) is 0 Å². The van der Waals surface area contributed by atoms with Gasteiger partial charge in [-0.25, -0.2) is 0 Å². The Morgan fingerprint density at radius 2 is 1.62 bits per heavy atom. The van der Waals surface area contributed by atoms with Crippen molar-refractivity contribution in [1.29, 1.82) is 0 Å². The number of carbonyl (C=O) groups excluding carboxylic acids is 3. The summed E-state index contributed by atoms with van der Waals surface area (Å²) >= 11 is 0. The summed E-state index contributed by atoms with van der Waals surface area (Å²) in [7, 11) is 0. The fraction of sp³-hybridized carbons (Fsp3) is 0.385. The molecule has 0 bridgehead atoms. The molecule has 2 N–H and O–H groups in total. The first-order valence-corrected chi connectivity index (χ1v) is 11.5. The second-order valence-corrected chi connectivity index (χ2v) is 8.35. The molecule has 34 heavy (non-hydrogen) atoms. The van der Waals surface area contributed by atoms with E-state index < -0.39 is 29.5 Å². The molecule has 2 aromatic carbocycles. The van der Waals surface area contributed by atoms with Crippen LogP contribution < -0.4 is 10.1 Å². The molecule has 0 radical (unpaired) electrons. The van der Waals surface area contributed by atoms with Crippen LogP contribution in [0.15, 0.2) is 54.6 Å². The van der Waals surface area contributed by atoms with Crippen molar-refractivity contribution in [3.05, 3.63) is 60.2 Å². The Morgan fingerprint density at radius 3 is 2.32 bits per heavy atom. The monoisotopic (exact) mass is 466 g/mol. The number of likely N-dealkylation sites (tertiary alicyclic amines) is 1. The first-order chi connectivity index (χ1) is 16.4. The number of anilines is 1. The van der Waals surface area contributed by atoms with Crippen LogP contribution in [0.1, 0.15) is 44.1 Å². The fourth-order valence-electron chi connectivity index (χ4n) is 3.82. The molecule has 2 amide bonds. The van der Waals surface area contributed by atoms with Gasteiger partial charge in [-0.05, 0) is 42.7 Å². The van der Waals surface area contributed by atoms with Crippen molar-refractivity contribution in [3.8, 4) is 5.75 Å². The highest BCUT2D eigenvalue weighted by molar-refractivity contribution is 6.25. The van der Waals surface area contributed by atoms with E-state index in [1.807, 2.05) is 30.3 Å². The quantitative estimate of drug-likeness (QED) is 0.344. The number of carboxylic acids is 1. The van der Waals surface area contributed by atoms with Gasteiger partial charge in [0.05, 0.1) is 13.2 Å². The van der Waals surface area contributed by atoms with Gasteiger partial charge in [0.2, 0.25) is 11.8 Å². The third-order valence-corrected chi connectivity index (χ3v) is 5.63. The molecule has 8 heteroatoms. The maximum Gasteiger partial charge on any atom is 0.303 e. The van der Waals surface area contributed by atoms with Crippen molar-refractivity contribution < 1.29 is 29.0 Å². The molecule has 3 rings (SSSR count). The molecule has 1 unspecified atom stereocenters. The van der Waals surface area contributed by atoms with E-state index in [2.05, 4.69) is 5.32 Å². The van der Waals surface area contributed by atoms with Gasteiger partial charge in [0.15, 0.2) is 11.7 Å². The molecule has 0 saturated carbocycles. The van der Waals surface area contributed by atoms with E-state index in [0.29, 0.717) is 31.0 Å². The number of ether oxygens (including phenoxy) is 1. The van der Waals surface area contributed by atoms with E-state index in [1.165, 1.54) is 4.90 Å². The van der Waals surface area contributed by atoms with E-state index in [1.54, 1.807) is 24.3 Å². The second-order valence-electron chi connectivity index (χ2n) is 8.35. The van der Waals surface area contributed by atoms with Crippen LogP contribution in [-0.2, 0) is 25.7 Å². The van der Waals surface area contributed by atoms with Gasteiger partial charge < -0.3 is 20.1 Å². The lowest BCUT2D eigenvalue weighted by molar-refractivity contribution is -0.139. The van der Waals surface area contributed by atoms with Crippen LogP contribution in [-0.4, -0.2) is 46.7 Å². The lowest BCUT2D eigenvalue weighted by Gasteiger charge is -2.15. The minimum absolute atomic E-state index is 0.0713. The predicted molar refractivity (Wildman–Crippen MR) is 126 cm³/mol. The largest absolute Gasteiger partial charge is 0.494 e. The highest BCUT2D eigenvalue weighted by Crippen LogP contribution is 2.21. The SMILES string of the molecule is O=C(O)CCCCCCCOc1ccc(NC(=O)C2C(=O)CN(Cc3ccccc3)C2=O)cc1. The number of benzene rings is 2. The number of carboxylic acid groups (broad SMARTS) is 1. The first-order valence-electron chi connectivity index (χ1n) is 11.5. The third-order valence-electron chi connectivity index (χ3n) is 5.63. The van der Waals surface area contributed by atoms with E-state index in [-0.39, 0.29) is 13.0 Å². The number of Topliss-reactive ketones (excluding diaryl/α,β-unsaturated/α-hetero) is 1. The van der Waals surface area contributed by atoms with E-state index in [9.17, 15) is 19.2 Å². The van der Waals surface area contributed by atoms with E-state index in [4.69, 9.17) is 9.84 Å². The Kier molecular flexibility index (Phi) is 9.20. The topological polar surface area (TPSA) is 113 Å². The molecule has 1 atom stereocenters. The second kappa shape index (κ2) is 12.5. The normalized spacial score (nSPS) is 15.4. The Morgan fingerprint density at radius 1 is 0.941 bits per heavy atom. The molecule has 0 aliphatic carbocycles. The summed E-state index contributed by atoms with van der Waals surface area (Å²) in [6, 6.07) is 16.1. The van der Waals surface area contributed by atoms with Gasteiger partial charge in [0, 0.05) is 18.7 Å². The Balaban J connectivity index is 1.40. The van der Waals surface area contributed by atoms with Gasteiger partial charge in [-0.1, -0.05) is 49.6 Å². The number of hydrogen-bond acceptors (Lipinski definition) is 5. The van der Waals surface area contributed by atoms with Gasteiger partial charge in [0.1, 0.15) is 5.75 Å². The zero-order chi connectivity index (χ0) is 24.3. The average Bonchev–Trinajstić information content (AvgIpc) is 3.09. The first kappa shape index (κ1) is 25.0. The van der Waals surface area contributed by atoms with Crippen LogP contribution in [0.4, 0.5) is 5.69 Å². The molecule has 0 aromatic heterocycles. The smallest absolute Gasteiger partial charge is 0.303 e. The molecular weight excluding hydrogens is 436 g/mol. The van der Waals surface area contributed by atoms with Crippen molar-refractivity contribution in [2.24, 2.45) is 5.92 Å². The zero-order valence-corrected chi connectivity index (χ0v) is 19.1. The fourth-order valence-corrected chi connectivity index (χ4v) is 3.82. The average molecular weight is 467 g/mol. The Labute approximate surface area is 198 Å². The summed E-state index contributed by atoms with van der Waals surface area (Å²) in [5.74, 6) is -2.92. The number of carbonyl (C=O) groups is 4. The van der Waals surface area contributed by atoms with Crippen LogP contribution in [0.3, 0.4) is 0 Å². The lowest BCUT2D eigenvalue weighted by Crippen LogP contribution is -2.34. The number of nitrogens with one attached hydrogen (secondary N) is 1. The van der Waals surface area contributed by atoms with E-state index in [0.717, 1.165) is 31.2 Å². The summed E-state index contributed by atoms with van der Waals surface area (Å²) in [5, 5.41) is 11.3. The minimum atomic E-state index is -1.32. The third kappa shape index (κ3) is 7.43. The lowest BCUT2D eigenvalue weighted by atomic mass is 10.1. The highest BCUT2D eigenvalue weighted by atomic mass is 16.5. The number of nitrogens with zero attached hydrogens (tertiary/aromatic N) is 1. The number of amides is 2. The molecule has 1 saturated heterocycles. The minimum Gasteiger partial charge on any atom is -0.494 e. The predicted octanol–water partition coefficient (Wildman–Crippen LogP) is 3.66. The van der Waals surface area contributed by atoms with Crippen molar-refractivity contribution in [1.82, 2.24) is 4.90 Å². The summed E-state index contributed by atoms with van der Waals surface area (Å²) in [5.41, 5.74) is 1.39. The molecule has 1 aliphatic rings. The number of aliphatic carboxylic acids is 1. The molecule has 180 valence electrons. The van der Waals surface area contributed by atoms with Crippen LogP contribution >= 0.6 is 0 Å².